The Morgan fingerprint density at radius 1 is 1.32 bits per heavy atom. The van der Waals surface area contributed by atoms with Gasteiger partial charge in [0.2, 0.25) is 0 Å². The number of hydrogen-bond acceptors (Lipinski definition) is 3. The molecule has 4 heteroatoms. The lowest BCUT2D eigenvalue weighted by molar-refractivity contribution is -0.134. The summed E-state index contributed by atoms with van der Waals surface area (Å²) in [6, 6.07) is 8.31. The van der Waals surface area contributed by atoms with Gasteiger partial charge < -0.3 is 15.0 Å². The van der Waals surface area contributed by atoms with Crippen molar-refractivity contribution in [2.45, 2.75) is 25.8 Å². The Morgan fingerprint density at radius 3 is 2.53 bits per heavy atom. The predicted molar refractivity (Wildman–Crippen MR) is 75.3 cm³/mol. The molecule has 19 heavy (non-hydrogen) atoms. The van der Waals surface area contributed by atoms with Crippen LogP contribution in [0.5, 0.6) is 5.75 Å². The first-order valence-corrected chi connectivity index (χ1v) is 6.83. The summed E-state index contributed by atoms with van der Waals surface area (Å²) in [6.45, 7) is 3.80. The van der Waals surface area contributed by atoms with E-state index in [2.05, 4.69) is 5.32 Å². The highest BCUT2D eigenvalue weighted by atomic mass is 16.5. The first kappa shape index (κ1) is 13.9. The lowest BCUT2D eigenvalue weighted by atomic mass is 10.1. The third kappa shape index (κ3) is 3.96. The molecule has 1 aromatic carbocycles. The minimum absolute atomic E-state index is 0.0788. The fourth-order valence-electron chi connectivity index (χ4n) is 2.29. The average Bonchev–Trinajstić information content (AvgIpc) is 2.46. The summed E-state index contributed by atoms with van der Waals surface area (Å²) in [6.07, 6.45) is 2.04. The van der Waals surface area contributed by atoms with Gasteiger partial charge in [-0.05, 0) is 38.9 Å². The average molecular weight is 262 g/mol. The summed E-state index contributed by atoms with van der Waals surface area (Å²) < 4.78 is 5.52. The van der Waals surface area contributed by atoms with Crippen LogP contribution in [0.3, 0.4) is 0 Å². The summed E-state index contributed by atoms with van der Waals surface area (Å²) in [4.78, 5) is 13.9. The number of hydrogen-bond donors (Lipinski definition) is 1. The van der Waals surface area contributed by atoms with Gasteiger partial charge in [0, 0.05) is 19.1 Å². The molecule has 0 bridgehead atoms. The number of carbonyl (C=O) groups is 1. The van der Waals surface area contributed by atoms with Crippen molar-refractivity contribution in [3.05, 3.63) is 29.8 Å². The first-order chi connectivity index (χ1) is 9.19. The zero-order valence-electron chi connectivity index (χ0n) is 11.7. The van der Waals surface area contributed by atoms with Crippen molar-refractivity contribution in [1.29, 1.82) is 0 Å². The minimum atomic E-state index is 0.0788. The van der Waals surface area contributed by atoms with Crippen molar-refractivity contribution in [3.63, 3.8) is 0 Å². The second-order valence-corrected chi connectivity index (χ2v) is 5.05. The highest BCUT2D eigenvalue weighted by Crippen LogP contribution is 2.13. The highest BCUT2D eigenvalue weighted by molar-refractivity contribution is 5.77. The molecule has 1 aliphatic rings. The molecule has 1 heterocycles. The molecule has 104 valence electrons. The summed E-state index contributed by atoms with van der Waals surface area (Å²) >= 11 is 0. The fourth-order valence-corrected chi connectivity index (χ4v) is 2.29. The molecule has 1 saturated heterocycles. The summed E-state index contributed by atoms with van der Waals surface area (Å²) in [5.41, 5.74) is 1.19. The molecule has 1 fully saturated rings. The number of benzene rings is 1. The molecule has 0 radical (unpaired) electrons. The van der Waals surface area contributed by atoms with Crippen LogP contribution in [-0.4, -0.2) is 43.6 Å². The topological polar surface area (TPSA) is 41.6 Å². The van der Waals surface area contributed by atoms with E-state index in [1.165, 1.54) is 5.56 Å². The predicted octanol–water partition coefficient (Wildman–Crippen LogP) is 1.58. The normalized spacial score (nSPS) is 16.4. The molecule has 4 nitrogen and oxygen atoms in total. The first-order valence-electron chi connectivity index (χ1n) is 6.83. The molecule has 1 amide bonds. The Kier molecular flexibility index (Phi) is 4.80. The van der Waals surface area contributed by atoms with Crippen LogP contribution in [0.1, 0.15) is 18.4 Å². The van der Waals surface area contributed by atoms with Crippen molar-refractivity contribution < 1.29 is 9.53 Å². The molecule has 0 atom stereocenters. The van der Waals surface area contributed by atoms with Crippen LogP contribution in [0.2, 0.25) is 0 Å². The van der Waals surface area contributed by atoms with Gasteiger partial charge in [-0.15, -0.1) is 0 Å². The van der Waals surface area contributed by atoms with Gasteiger partial charge in [0.1, 0.15) is 5.75 Å². The summed E-state index contributed by atoms with van der Waals surface area (Å²) in [7, 11) is 1.97. The fraction of sp³-hybridized carbons (Fsp3) is 0.533. The van der Waals surface area contributed by atoms with E-state index in [1.807, 2.05) is 43.1 Å². The number of likely N-dealkylation sites (tertiary alicyclic amines) is 1. The molecule has 0 spiro atoms. The van der Waals surface area contributed by atoms with Crippen molar-refractivity contribution in [3.8, 4) is 5.75 Å². The number of aryl methyl sites for hydroxylation is 1. The van der Waals surface area contributed by atoms with Gasteiger partial charge in [-0.25, -0.2) is 0 Å². The van der Waals surface area contributed by atoms with E-state index in [0.29, 0.717) is 6.04 Å². The van der Waals surface area contributed by atoms with E-state index in [4.69, 9.17) is 4.74 Å². The molecule has 1 N–H and O–H groups in total. The van der Waals surface area contributed by atoms with Crippen LogP contribution in [0.4, 0.5) is 0 Å². The summed E-state index contributed by atoms with van der Waals surface area (Å²) in [5.74, 6) is 0.833. The van der Waals surface area contributed by atoms with Gasteiger partial charge >= 0.3 is 0 Å². The van der Waals surface area contributed by atoms with E-state index in [0.717, 1.165) is 31.7 Å². The molecule has 1 aromatic rings. The number of carbonyl (C=O) groups excluding carboxylic acids is 1. The van der Waals surface area contributed by atoms with Gasteiger partial charge in [0.15, 0.2) is 6.61 Å². The molecular weight excluding hydrogens is 240 g/mol. The lowest BCUT2D eigenvalue weighted by Crippen LogP contribution is -2.45. The Bertz CT molecular complexity index is 409. The highest BCUT2D eigenvalue weighted by Gasteiger charge is 2.21. The molecule has 0 saturated carbocycles. The van der Waals surface area contributed by atoms with Crippen LogP contribution in [0.25, 0.3) is 0 Å². The maximum Gasteiger partial charge on any atom is 0.260 e. The van der Waals surface area contributed by atoms with Crippen LogP contribution in [0.15, 0.2) is 24.3 Å². The second-order valence-electron chi connectivity index (χ2n) is 5.05. The zero-order valence-corrected chi connectivity index (χ0v) is 11.7. The van der Waals surface area contributed by atoms with E-state index < -0.39 is 0 Å². The maximum absolute atomic E-state index is 12.0. The SMILES string of the molecule is CNC1CCN(C(=O)COc2ccc(C)cc2)CC1. The van der Waals surface area contributed by atoms with Gasteiger partial charge in [0.25, 0.3) is 5.91 Å². The summed E-state index contributed by atoms with van der Waals surface area (Å²) in [5, 5.41) is 3.26. The number of amides is 1. The lowest BCUT2D eigenvalue weighted by Gasteiger charge is -2.31. The Labute approximate surface area is 114 Å². The van der Waals surface area contributed by atoms with E-state index >= 15 is 0 Å². The van der Waals surface area contributed by atoms with Crippen LogP contribution in [-0.2, 0) is 4.79 Å². The van der Waals surface area contributed by atoms with E-state index in [1.54, 1.807) is 0 Å². The maximum atomic E-state index is 12.0. The molecular formula is C15H22N2O2. The minimum Gasteiger partial charge on any atom is -0.484 e. The quantitative estimate of drug-likeness (QED) is 0.896. The van der Waals surface area contributed by atoms with Gasteiger partial charge in [-0.2, -0.15) is 0 Å². The standard InChI is InChI=1S/C15H22N2O2/c1-12-3-5-14(6-4-12)19-11-15(18)17-9-7-13(16-2)8-10-17/h3-6,13,16H,7-11H2,1-2H3. The van der Waals surface area contributed by atoms with Gasteiger partial charge in [-0.3, -0.25) is 4.79 Å². The third-order valence-corrected chi connectivity index (χ3v) is 3.64. The van der Waals surface area contributed by atoms with E-state index in [9.17, 15) is 4.79 Å². The largest absolute Gasteiger partial charge is 0.484 e. The smallest absolute Gasteiger partial charge is 0.260 e. The molecule has 2 rings (SSSR count). The molecule has 1 aliphatic heterocycles. The Hall–Kier alpha value is -1.55. The number of nitrogens with one attached hydrogen (secondary N) is 1. The van der Waals surface area contributed by atoms with Crippen LogP contribution >= 0.6 is 0 Å². The van der Waals surface area contributed by atoms with Crippen LogP contribution < -0.4 is 10.1 Å². The van der Waals surface area contributed by atoms with Gasteiger partial charge in [-0.1, -0.05) is 17.7 Å². The number of ether oxygens (including phenoxy) is 1. The number of rotatable bonds is 4. The number of piperidine rings is 1. The van der Waals surface area contributed by atoms with Crippen molar-refractivity contribution in [2.75, 3.05) is 26.7 Å². The third-order valence-electron chi connectivity index (χ3n) is 3.64. The van der Waals surface area contributed by atoms with Crippen LogP contribution in [0, 0.1) is 6.92 Å². The van der Waals surface area contributed by atoms with Crippen molar-refractivity contribution >= 4 is 5.91 Å². The zero-order chi connectivity index (χ0) is 13.7. The molecule has 0 aromatic heterocycles. The van der Waals surface area contributed by atoms with Crippen molar-refractivity contribution in [2.24, 2.45) is 0 Å². The van der Waals surface area contributed by atoms with Gasteiger partial charge in [0.05, 0.1) is 0 Å². The Morgan fingerprint density at radius 2 is 1.95 bits per heavy atom. The van der Waals surface area contributed by atoms with Crippen molar-refractivity contribution in [1.82, 2.24) is 10.2 Å². The second kappa shape index (κ2) is 6.57. The number of nitrogens with zero attached hydrogens (tertiary/aromatic N) is 1. The molecule has 0 unspecified atom stereocenters. The molecule has 0 aliphatic carbocycles. The van der Waals surface area contributed by atoms with E-state index in [-0.39, 0.29) is 12.5 Å². The Balaban J connectivity index is 1.77. The monoisotopic (exact) mass is 262 g/mol.